The quantitative estimate of drug-likeness (QED) is 0.799. The van der Waals surface area contributed by atoms with Crippen molar-refractivity contribution in [3.8, 4) is 11.5 Å². The summed E-state index contributed by atoms with van der Waals surface area (Å²) in [6, 6.07) is 3.22. The zero-order valence-electron chi connectivity index (χ0n) is 9.33. The first-order valence-corrected chi connectivity index (χ1v) is 4.85. The van der Waals surface area contributed by atoms with Crippen LogP contribution in [-0.2, 0) is 0 Å². The summed E-state index contributed by atoms with van der Waals surface area (Å²) in [6.45, 7) is 3.37. The number of benzene rings is 1. The number of fused-ring (bicyclic) bond motifs is 1. The standard InChI is InChI=1S/C12H12O4/c1-6-4-8-10(15-3)5-9(13)7(2)11(8)12(14)16-6/h4-5,13H,1-3H3. The molecule has 84 valence electrons. The van der Waals surface area contributed by atoms with E-state index in [9.17, 15) is 9.90 Å². The van der Waals surface area contributed by atoms with Crippen LogP contribution >= 0.6 is 0 Å². The highest BCUT2D eigenvalue weighted by atomic mass is 16.5. The van der Waals surface area contributed by atoms with Crippen LogP contribution in [0.15, 0.2) is 21.3 Å². The summed E-state index contributed by atoms with van der Waals surface area (Å²) in [4.78, 5) is 11.7. The van der Waals surface area contributed by atoms with E-state index in [1.807, 2.05) is 0 Å². The highest BCUT2D eigenvalue weighted by Gasteiger charge is 2.13. The van der Waals surface area contributed by atoms with Crippen LogP contribution < -0.4 is 10.4 Å². The Kier molecular flexibility index (Phi) is 2.34. The Morgan fingerprint density at radius 3 is 2.62 bits per heavy atom. The van der Waals surface area contributed by atoms with E-state index in [2.05, 4.69) is 0 Å². The summed E-state index contributed by atoms with van der Waals surface area (Å²) in [5.41, 5.74) is 0.0475. The lowest BCUT2D eigenvalue weighted by Gasteiger charge is -2.09. The Balaban J connectivity index is 3.05. The van der Waals surface area contributed by atoms with Crippen molar-refractivity contribution in [2.75, 3.05) is 7.11 Å². The van der Waals surface area contributed by atoms with Gasteiger partial charge in [0.25, 0.3) is 0 Å². The predicted molar refractivity (Wildman–Crippen MR) is 60.2 cm³/mol. The molecule has 2 rings (SSSR count). The molecule has 0 aliphatic carbocycles. The zero-order valence-corrected chi connectivity index (χ0v) is 9.33. The molecule has 0 radical (unpaired) electrons. The molecule has 0 unspecified atom stereocenters. The fourth-order valence-corrected chi connectivity index (χ4v) is 1.77. The van der Waals surface area contributed by atoms with E-state index in [1.165, 1.54) is 13.2 Å². The van der Waals surface area contributed by atoms with E-state index in [1.54, 1.807) is 19.9 Å². The maximum atomic E-state index is 11.7. The topological polar surface area (TPSA) is 59.7 Å². The monoisotopic (exact) mass is 220 g/mol. The van der Waals surface area contributed by atoms with E-state index in [4.69, 9.17) is 9.15 Å². The van der Waals surface area contributed by atoms with Crippen molar-refractivity contribution >= 4 is 10.8 Å². The summed E-state index contributed by atoms with van der Waals surface area (Å²) in [7, 11) is 1.49. The van der Waals surface area contributed by atoms with Crippen LogP contribution in [0, 0.1) is 13.8 Å². The summed E-state index contributed by atoms with van der Waals surface area (Å²) in [5.74, 6) is 1.01. The molecule has 1 heterocycles. The molecule has 1 aromatic carbocycles. The van der Waals surface area contributed by atoms with Gasteiger partial charge in [-0.2, -0.15) is 0 Å². The van der Waals surface area contributed by atoms with E-state index < -0.39 is 5.63 Å². The molecular weight excluding hydrogens is 208 g/mol. The van der Waals surface area contributed by atoms with Crippen LogP contribution in [0.4, 0.5) is 0 Å². The van der Waals surface area contributed by atoms with E-state index >= 15 is 0 Å². The van der Waals surface area contributed by atoms with Gasteiger partial charge < -0.3 is 14.3 Å². The normalized spacial score (nSPS) is 10.7. The van der Waals surface area contributed by atoms with E-state index in [-0.39, 0.29) is 5.75 Å². The van der Waals surface area contributed by atoms with Gasteiger partial charge in [0, 0.05) is 17.0 Å². The Hall–Kier alpha value is -1.97. The van der Waals surface area contributed by atoms with Crippen molar-refractivity contribution in [3.05, 3.63) is 33.9 Å². The second kappa shape index (κ2) is 3.56. The first-order chi connectivity index (χ1) is 7.54. The Morgan fingerprint density at radius 2 is 2.00 bits per heavy atom. The summed E-state index contributed by atoms with van der Waals surface area (Å²) in [6.07, 6.45) is 0. The second-order valence-electron chi connectivity index (χ2n) is 3.66. The maximum Gasteiger partial charge on any atom is 0.344 e. The van der Waals surface area contributed by atoms with Gasteiger partial charge in [0.2, 0.25) is 0 Å². The number of phenolic OH excluding ortho intramolecular Hbond substituents is 1. The largest absolute Gasteiger partial charge is 0.508 e. The summed E-state index contributed by atoms with van der Waals surface area (Å²) < 4.78 is 10.1. The van der Waals surface area contributed by atoms with E-state index in [0.717, 1.165) is 0 Å². The molecular formula is C12H12O4. The second-order valence-corrected chi connectivity index (χ2v) is 3.66. The summed E-state index contributed by atoms with van der Waals surface area (Å²) >= 11 is 0. The van der Waals surface area contributed by atoms with Crippen molar-refractivity contribution in [1.82, 2.24) is 0 Å². The molecule has 0 atom stereocenters. The number of hydrogen-bond acceptors (Lipinski definition) is 4. The molecule has 0 aliphatic rings. The minimum Gasteiger partial charge on any atom is -0.508 e. The third-order valence-electron chi connectivity index (χ3n) is 2.59. The minimum absolute atomic E-state index is 0.0282. The van der Waals surface area contributed by atoms with Gasteiger partial charge in [-0.1, -0.05) is 0 Å². The van der Waals surface area contributed by atoms with Crippen LogP contribution in [0.3, 0.4) is 0 Å². The third kappa shape index (κ3) is 1.43. The lowest BCUT2D eigenvalue weighted by Crippen LogP contribution is -2.03. The SMILES string of the molecule is COc1cc(O)c(C)c2c(=O)oc(C)cc12. The van der Waals surface area contributed by atoms with Crippen molar-refractivity contribution in [2.24, 2.45) is 0 Å². The van der Waals surface area contributed by atoms with Gasteiger partial charge >= 0.3 is 5.63 Å². The van der Waals surface area contributed by atoms with Crippen LogP contribution in [0.5, 0.6) is 11.5 Å². The zero-order chi connectivity index (χ0) is 11.9. The molecule has 0 aliphatic heterocycles. The predicted octanol–water partition coefficient (Wildman–Crippen LogP) is 2.12. The van der Waals surface area contributed by atoms with Gasteiger partial charge in [0.15, 0.2) is 0 Å². The molecule has 1 N–H and O–H groups in total. The van der Waals surface area contributed by atoms with Crippen LogP contribution in [0.1, 0.15) is 11.3 Å². The molecule has 0 amide bonds. The number of rotatable bonds is 1. The number of aromatic hydroxyl groups is 1. The Bertz CT molecular complexity index is 610. The average molecular weight is 220 g/mol. The molecule has 4 nitrogen and oxygen atoms in total. The number of ether oxygens (including phenoxy) is 1. The molecule has 4 heteroatoms. The number of aryl methyl sites for hydroxylation is 2. The molecule has 0 bridgehead atoms. The maximum absolute atomic E-state index is 11.7. The van der Waals surface area contributed by atoms with Gasteiger partial charge in [0.1, 0.15) is 17.3 Å². The first-order valence-electron chi connectivity index (χ1n) is 4.85. The minimum atomic E-state index is -0.457. The lowest BCUT2D eigenvalue weighted by atomic mass is 10.1. The third-order valence-corrected chi connectivity index (χ3v) is 2.59. The van der Waals surface area contributed by atoms with Gasteiger partial charge in [0.05, 0.1) is 12.5 Å². The number of phenols is 1. The van der Waals surface area contributed by atoms with Crippen molar-refractivity contribution in [1.29, 1.82) is 0 Å². The molecule has 0 spiro atoms. The highest BCUT2D eigenvalue weighted by molar-refractivity contribution is 5.91. The number of hydrogen-bond donors (Lipinski definition) is 1. The lowest BCUT2D eigenvalue weighted by molar-refractivity contribution is 0.410. The highest BCUT2D eigenvalue weighted by Crippen LogP contribution is 2.33. The average Bonchev–Trinajstić information content (AvgIpc) is 2.22. The number of methoxy groups -OCH3 is 1. The van der Waals surface area contributed by atoms with Crippen LogP contribution in [-0.4, -0.2) is 12.2 Å². The van der Waals surface area contributed by atoms with Crippen LogP contribution in [0.2, 0.25) is 0 Å². The smallest absolute Gasteiger partial charge is 0.344 e. The first kappa shape index (κ1) is 10.5. The Morgan fingerprint density at radius 1 is 1.31 bits per heavy atom. The van der Waals surface area contributed by atoms with Crippen LogP contribution in [0.25, 0.3) is 10.8 Å². The van der Waals surface area contributed by atoms with Crippen molar-refractivity contribution in [2.45, 2.75) is 13.8 Å². The van der Waals surface area contributed by atoms with Crippen molar-refractivity contribution in [3.63, 3.8) is 0 Å². The van der Waals surface area contributed by atoms with Gasteiger partial charge in [-0.15, -0.1) is 0 Å². The van der Waals surface area contributed by atoms with Crippen molar-refractivity contribution < 1.29 is 14.3 Å². The molecule has 0 saturated carbocycles. The molecule has 2 aromatic rings. The Labute approximate surface area is 92.1 Å². The fourth-order valence-electron chi connectivity index (χ4n) is 1.77. The molecule has 16 heavy (non-hydrogen) atoms. The van der Waals surface area contributed by atoms with E-state index in [0.29, 0.717) is 27.8 Å². The molecule has 0 fully saturated rings. The summed E-state index contributed by atoms with van der Waals surface area (Å²) in [5, 5.41) is 10.7. The molecule has 1 aromatic heterocycles. The molecule has 0 saturated heterocycles. The fraction of sp³-hybridized carbons (Fsp3) is 0.250. The van der Waals surface area contributed by atoms with Gasteiger partial charge in [-0.05, 0) is 19.9 Å². The van der Waals surface area contributed by atoms with Gasteiger partial charge in [-0.25, -0.2) is 4.79 Å². The van der Waals surface area contributed by atoms with Gasteiger partial charge in [-0.3, -0.25) is 0 Å².